The quantitative estimate of drug-likeness (QED) is 0.534. The number of rotatable bonds is 1. The fraction of sp³-hybridized carbons (Fsp3) is 1.00. The van der Waals surface area contributed by atoms with Crippen LogP contribution >= 0.6 is 11.8 Å². The Morgan fingerprint density at radius 3 is 2.12 bits per heavy atom. The van der Waals surface area contributed by atoms with Crippen LogP contribution in [0.1, 0.15) is 6.92 Å². The van der Waals surface area contributed by atoms with Gasteiger partial charge in [-0.25, -0.2) is 0 Å². The molecule has 0 amide bonds. The molecule has 3 heteroatoms. The highest BCUT2D eigenvalue weighted by Gasteiger charge is 2.29. The summed E-state index contributed by atoms with van der Waals surface area (Å²) in [5, 5.41) is -0.347. The molecule has 1 aliphatic heterocycles. The Morgan fingerprint density at radius 1 is 1.38 bits per heavy atom. The van der Waals surface area contributed by atoms with E-state index in [0.29, 0.717) is 0 Å². The van der Waals surface area contributed by atoms with Crippen molar-refractivity contribution in [1.82, 2.24) is 0 Å². The van der Waals surface area contributed by atoms with Crippen LogP contribution in [0.5, 0.6) is 0 Å². The maximum atomic E-state index is 5.23. The van der Waals surface area contributed by atoms with Gasteiger partial charge in [-0.05, 0) is 6.26 Å². The van der Waals surface area contributed by atoms with Gasteiger partial charge in [-0.2, -0.15) is 0 Å². The van der Waals surface area contributed by atoms with Crippen LogP contribution in [0.4, 0.5) is 0 Å². The van der Waals surface area contributed by atoms with Crippen molar-refractivity contribution in [3.8, 4) is 0 Å². The molecule has 0 N–H and O–H groups in total. The summed E-state index contributed by atoms with van der Waals surface area (Å²) < 4.78 is 10.5. The number of hydrogen-bond donors (Lipinski definition) is 0. The third-order valence-electron chi connectivity index (χ3n) is 1.18. The fourth-order valence-electron chi connectivity index (χ4n) is 0.614. The van der Waals surface area contributed by atoms with Crippen LogP contribution < -0.4 is 0 Å². The van der Waals surface area contributed by atoms with Gasteiger partial charge < -0.3 is 9.47 Å². The lowest BCUT2D eigenvalue weighted by atomic mass is 10.8. The van der Waals surface area contributed by atoms with E-state index in [4.69, 9.17) is 9.47 Å². The monoisotopic (exact) mass is 134 g/mol. The van der Waals surface area contributed by atoms with E-state index in [1.165, 1.54) is 0 Å². The Kier molecular flexibility index (Phi) is 1.80. The average Bonchev–Trinajstić information content (AvgIpc) is 2.17. The first-order valence-corrected chi connectivity index (χ1v) is 3.82. The van der Waals surface area contributed by atoms with Crippen molar-refractivity contribution in [1.29, 1.82) is 0 Å². The molecule has 0 unspecified atom stereocenters. The van der Waals surface area contributed by atoms with E-state index < -0.39 is 0 Å². The molecule has 1 saturated heterocycles. The average molecular weight is 134 g/mol. The third kappa shape index (κ3) is 1.16. The van der Waals surface area contributed by atoms with E-state index in [1.807, 2.05) is 13.2 Å². The highest BCUT2D eigenvalue weighted by atomic mass is 32.2. The molecule has 0 bridgehead atoms. The largest absolute Gasteiger partial charge is 0.339 e. The molecule has 0 atom stereocenters. The van der Waals surface area contributed by atoms with Gasteiger partial charge in [0.1, 0.15) is 0 Å². The van der Waals surface area contributed by atoms with Gasteiger partial charge in [0.25, 0.3) is 0 Å². The number of hydrogen-bond acceptors (Lipinski definition) is 3. The van der Waals surface area contributed by atoms with E-state index in [9.17, 15) is 0 Å². The van der Waals surface area contributed by atoms with Gasteiger partial charge in [-0.15, -0.1) is 11.8 Å². The molecule has 0 saturated carbocycles. The van der Waals surface area contributed by atoms with E-state index in [1.54, 1.807) is 11.8 Å². The lowest BCUT2D eigenvalue weighted by Gasteiger charge is -2.17. The lowest BCUT2D eigenvalue weighted by Crippen LogP contribution is -2.18. The second-order valence-corrected chi connectivity index (χ2v) is 2.91. The molecule has 0 aromatic carbocycles. The van der Waals surface area contributed by atoms with E-state index in [2.05, 4.69) is 0 Å². The van der Waals surface area contributed by atoms with Crippen LogP contribution in [0.25, 0.3) is 0 Å². The fourth-order valence-corrected chi connectivity index (χ4v) is 1.02. The first-order valence-electron chi connectivity index (χ1n) is 2.60. The molecule has 0 aromatic heterocycles. The molecule has 1 aliphatic rings. The van der Waals surface area contributed by atoms with E-state index >= 15 is 0 Å². The Labute approximate surface area is 53.5 Å². The second kappa shape index (κ2) is 2.25. The summed E-state index contributed by atoms with van der Waals surface area (Å²) in [5.74, 6) is 0. The SMILES string of the molecule is CSC1(C)OCCO1. The van der Waals surface area contributed by atoms with Crippen LogP contribution in [0, 0.1) is 0 Å². The molecule has 48 valence electrons. The zero-order chi connectivity index (χ0) is 6.04. The van der Waals surface area contributed by atoms with Crippen molar-refractivity contribution in [3.05, 3.63) is 0 Å². The topological polar surface area (TPSA) is 18.5 Å². The summed E-state index contributed by atoms with van der Waals surface area (Å²) in [6.45, 7) is 3.40. The van der Waals surface area contributed by atoms with Gasteiger partial charge in [0, 0.05) is 6.92 Å². The predicted octanol–water partition coefficient (Wildman–Crippen LogP) is 1.07. The van der Waals surface area contributed by atoms with Gasteiger partial charge in [-0.3, -0.25) is 0 Å². The minimum absolute atomic E-state index is 0.347. The smallest absolute Gasteiger partial charge is 0.215 e. The molecule has 1 rings (SSSR count). The molecule has 0 radical (unpaired) electrons. The lowest BCUT2D eigenvalue weighted by molar-refractivity contribution is -0.0594. The molecule has 2 nitrogen and oxygen atoms in total. The van der Waals surface area contributed by atoms with Gasteiger partial charge in [0.05, 0.1) is 13.2 Å². The zero-order valence-corrected chi connectivity index (χ0v) is 5.96. The van der Waals surface area contributed by atoms with Crippen LogP contribution in [0.3, 0.4) is 0 Å². The molecule has 0 aliphatic carbocycles. The van der Waals surface area contributed by atoms with Gasteiger partial charge >= 0.3 is 0 Å². The Bertz CT molecular complexity index is 78.5. The predicted molar refractivity (Wildman–Crippen MR) is 33.8 cm³/mol. The minimum atomic E-state index is -0.347. The van der Waals surface area contributed by atoms with E-state index in [-0.39, 0.29) is 5.12 Å². The van der Waals surface area contributed by atoms with Gasteiger partial charge in [0.2, 0.25) is 5.12 Å². The Hall–Kier alpha value is 0.270. The number of ether oxygens (including phenoxy) is 2. The van der Waals surface area contributed by atoms with Gasteiger partial charge in [0.15, 0.2) is 0 Å². The van der Waals surface area contributed by atoms with E-state index in [0.717, 1.165) is 13.2 Å². The standard InChI is InChI=1S/C5H10O2S/c1-5(8-2)6-3-4-7-5/h3-4H2,1-2H3. The Balaban J connectivity index is 2.40. The maximum absolute atomic E-state index is 5.23. The normalized spacial score (nSPS) is 26.2. The van der Waals surface area contributed by atoms with Crippen molar-refractivity contribution in [2.45, 2.75) is 12.0 Å². The molecular weight excluding hydrogens is 124 g/mol. The first-order chi connectivity index (χ1) is 3.77. The van der Waals surface area contributed by atoms with Gasteiger partial charge in [-0.1, -0.05) is 0 Å². The number of thioether (sulfide) groups is 1. The summed E-state index contributed by atoms with van der Waals surface area (Å²) in [4.78, 5) is 0. The molecule has 0 spiro atoms. The van der Waals surface area contributed by atoms with Crippen molar-refractivity contribution in [2.75, 3.05) is 19.5 Å². The van der Waals surface area contributed by atoms with Crippen molar-refractivity contribution < 1.29 is 9.47 Å². The van der Waals surface area contributed by atoms with Crippen LogP contribution in [-0.4, -0.2) is 24.6 Å². The zero-order valence-electron chi connectivity index (χ0n) is 5.14. The molecule has 1 heterocycles. The maximum Gasteiger partial charge on any atom is 0.215 e. The molecule has 0 aromatic rings. The minimum Gasteiger partial charge on any atom is -0.339 e. The van der Waals surface area contributed by atoms with Crippen molar-refractivity contribution in [2.24, 2.45) is 0 Å². The molecule has 1 fully saturated rings. The highest BCUT2D eigenvalue weighted by molar-refractivity contribution is 7.99. The van der Waals surface area contributed by atoms with Crippen LogP contribution in [0.2, 0.25) is 0 Å². The molecule has 8 heavy (non-hydrogen) atoms. The summed E-state index contributed by atoms with van der Waals surface area (Å²) in [6, 6.07) is 0. The van der Waals surface area contributed by atoms with Crippen molar-refractivity contribution in [3.63, 3.8) is 0 Å². The van der Waals surface area contributed by atoms with Crippen molar-refractivity contribution >= 4 is 11.8 Å². The summed E-state index contributed by atoms with van der Waals surface area (Å²) >= 11 is 1.59. The second-order valence-electron chi connectivity index (χ2n) is 1.76. The first kappa shape index (κ1) is 6.39. The summed E-state index contributed by atoms with van der Waals surface area (Å²) in [6.07, 6.45) is 1.98. The van der Waals surface area contributed by atoms with Crippen LogP contribution in [-0.2, 0) is 9.47 Å². The highest BCUT2D eigenvalue weighted by Crippen LogP contribution is 2.28. The van der Waals surface area contributed by atoms with Crippen LogP contribution in [0.15, 0.2) is 0 Å². The summed E-state index contributed by atoms with van der Waals surface area (Å²) in [5.41, 5.74) is 0. The third-order valence-corrected chi connectivity index (χ3v) is 2.16. The Morgan fingerprint density at radius 2 is 1.88 bits per heavy atom. The molecular formula is C5H10O2S. The summed E-state index contributed by atoms with van der Waals surface area (Å²) in [7, 11) is 0.